The first kappa shape index (κ1) is 24.5. The molecule has 0 saturated carbocycles. The molecule has 2 aromatic carbocycles. The van der Waals surface area contributed by atoms with Gasteiger partial charge in [-0.05, 0) is 61.6 Å². The zero-order chi connectivity index (χ0) is 25.0. The molecule has 0 amide bonds. The lowest BCUT2D eigenvalue weighted by Gasteiger charge is -2.17. The number of esters is 1. The average Bonchev–Trinajstić information content (AvgIpc) is 3.22. The van der Waals surface area contributed by atoms with Crippen molar-refractivity contribution >= 4 is 11.7 Å². The summed E-state index contributed by atoms with van der Waals surface area (Å²) in [7, 11) is 0. The van der Waals surface area contributed by atoms with Gasteiger partial charge in [0.15, 0.2) is 0 Å². The molecule has 9 heteroatoms. The van der Waals surface area contributed by atoms with Gasteiger partial charge in [-0.25, -0.2) is 9.37 Å². The minimum Gasteiger partial charge on any atom is -0.466 e. The zero-order valence-corrected chi connectivity index (χ0v) is 19.0. The van der Waals surface area contributed by atoms with Gasteiger partial charge in [0.05, 0.1) is 18.2 Å². The Kier molecular flexibility index (Phi) is 7.23. The van der Waals surface area contributed by atoms with Crippen LogP contribution in [0.15, 0.2) is 54.7 Å². The van der Waals surface area contributed by atoms with Crippen LogP contribution in [0.3, 0.4) is 0 Å². The minimum absolute atomic E-state index is 0.0725. The largest absolute Gasteiger partial charge is 0.466 e. The standard InChI is InChI=1S/C26H24F4N2O3/c1-2-34-25(33)13-7-16-6-9-18(14-21(16)27)32-22-11-10-20-19(22)4-3-5-23(20)35-24-12-8-17(15-31-24)26(28,29)30/h3-6,8-9,12,14-15,22,32H,2,7,10-11,13H2,1H3. The molecular weight excluding hydrogens is 464 g/mol. The van der Waals surface area contributed by atoms with Crippen LogP contribution < -0.4 is 10.1 Å². The molecular formula is C26H24F4N2O3. The number of hydrogen-bond donors (Lipinski definition) is 1. The molecule has 0 fully saturated rings. The number of benzene rings is 2. The van der Waals surface area contributed by atoms with Crippen LogP contribution in [0.4, 0.5) is 23.2 Å². The molecule has 4 rings (SSSR count). The van der Waals surface area contributed by atoms with E-state index in [1.807, 2.05) is 6.07 Å². The van der Waals surface area contributed by atoms with Gasteiger partial charge >= 0.3 is 12.1 Å². The molecule has 0 bridgehead atoms. The third kappa shape index (κ3) is 5.90. The van der Waals surface area contributed by atoms with Gasteiger partial charge in [-0.15, -0.1) is 0 Å². The molecule has 1 aromatic heterocycles. The number of nitrogens with zero attached hydrogens (tertiary/aromatic N) is 1. The van der Waals surface area contributed by atoms with Crippen molar-refractivity contribution in [2.24, 2.45) is 0 Å². The number of halogens is 4. The predicted octanol–water partition coefficient (Wildman–Crippen LogP) is 6.63. The van der Waals surface area contributed by atoms with Crippen LogP contribution in [0.1, 0.15) is 48.1 Å². The smallest absolute Gasteiger partial charge is 0.417 e. The van der Waals surface area contributed by atoms with E-state index in [0.29, 0.717) is 30.0 Å². The molecule has 3 aromatic rings. The summed E-state index contributed by atoms with van der Waals surface area (Å²) in [5.74, 6) is -0.160. The molecule has 0 spiro atoms. The van der Waals surface area contributed by atoms with Crippen LogP contribution in [0.2, 0.25) is 0 Å². The average molecular weight is 488 g/mol. The second kappa shape index (κ2) is 10.3. The Morgan fingerprint density at radius 1 is 1.17 bits per heavy atom. The molecule has 35 heavy (non-hydrogen) atoms. The van der Waals surface area contributed by atoms with E-state index in [-0.39, 0.29) is 30.7 Å². The highest BCUT2D eigenvalue weighted by molar-refractivity contribution is 5.69. The molecule has 5 nitrogen and oxygen atoms in total. The number of aryl methyl sites for hydroxylation is 1. The maximum Gasteiger partial charge on any atom is 0.417 e. The highest BCUT2D eigenvalue weighted by Gasteiger charge is 2.31. The molecule has 1 aliphatic rings. The Balaban J connectivity index is 1.44. The van der Waals surface area contributed by atoms with E-state index in [1.54, 1.807) is 31.2 Å². The van der Waals surface area contributed by atoms with E-state index < -0.39 is 17.6 Å². The Morgan fingerprint density at radius 3 is 2.69 bits per heavy atom. The summed E-state index contributed by atoms with van der Waals surface area (Å²) in [6.45, 7) is 2.02. The topological polar surface area (TPSA) is 60.5 Å². The van der Waals surface area contributed by atoms with E-state index in [9.17, 15) is 22.4 Å². The van der Waals surface area contributed by atoms with Crippen molar-refractivity contribution in [2.45, 2.75) is 44.8 Å². The fraction of sp³-hybridized carbons (Fsp3) is 0.308. The van der Waals surface area contributed by atoms with Crippen molar-refractivity contribution in [3.8, 4) is 11.6 Å². The molecule has 0 saturated heterocycles. The summed E-state index contributed by atoms with van der Waals surface area (Å²) in [4.78, 5) is 15.3. The summed E-state index contributed by atoms with van der Waals surface area (Å²) in [6.07, 6.45) is -1.92. The highest BCUT2D eigenvalue weighted by atomic mass is 19.4. The second-order valence-electron chi connectivity index (χ2n) is 8.16. The number of fused-ring (bicyclic) bond motifs is 1. The Bertz CT molecular complexity index is 1200. The molecule has 184 valence electrons. The lowest BCUT2D eigenvalue weighted by molar-refractivity contribution is -0.143. The number of ether oxygens (including phenoxy) is 2. The first-order chi connectivity index (χ1) is 16.7. The van der Waals surface area contributed by atoms with Crippen LogP contribution in [0.5, 0.6) is 11.6 Å². The number of alkyl halides is 3. The molecule has 0 radical (unpaired) electrons. The van der Waals surface area contributed by atoms with Crippen LogP contribution in [-0.4, -0.2) is 17.6 Å². The maximum absolute atomic E-state index is 14.6. The van der Waals surface area contributed by atoms with E-state index in [1.165, 1.54) is 12.1 Å². The van der Waals surface area contributed by atoms with Crippen LogP contribution in [0.25, 0.3) is 0 Å². The fourth-order valence-corrected chi connectivity index (χ4v) is 4.10. The van der Waals surface area contributed by atoms with Crippen molar-refractivity contribution in [2.75, 3.05) is 11.9 Å². The highest BCUT2D eigenvalue weighted by Crippen LogP contribution is 2.40. The number of carbonyl (C=O) groups excluding carboxylic acids is 1. The Morgan fingerprint density at radius 2 is 2.00 bits per heavy atom. The summed E-state index contributed by atoms with van der Waals surface area (Å²) >= 11 is 0. The van der Waals surface area contributed by atoms with E-state index in [0.717, 1.165) is 29.8 Å². The molecule has 1 unspecified atom stereocenters. The second-order valence-corrected chi connectivity index (χ2v) is 8.16. The van der Waals surface area contributed by atoms with Crippen molar-refractivity contribution in [3.63, 3.8) is 0 Å². The summed E-state index contributed by atoms with van der Waals surface area (Å²) in [5.41, 5.74) is 2.11. The van der Waals surface area contributed by atoms with Crippen molar-refractivity contribution in [1.29, 1.82) is 0 Å². The van der Waals surface area contributed by atoms with Gasteiger partial charge in [0.25, 0.3) is 0 Å². The van der Waals surface area contributed by atoms with Gasteiger partial charge in [-0.2, -0.15) is 13.2 Å². The SMILES string of the molecule is CCOC(=O)CCc1ccc(NC2CCc3c(Oc4ccc(C(F)(F)F)cn4)cccc32)cc1F. The van der Waals surface area contributed by atoms with E-state index in [4.69, 9.17) is 9.47 Å². The van der Waals surface area contributed by atoms with E-state index in [2.05, 4.69) is 10.3 Å². The molecule has 1 aliphatic carbocycles. The summed E-state index contributed by atoms with van der Waals surface area (Å²) in [6, 6.07) is 12.4. The van der Waals surface area contributed by atoms with Gasteiger partial charge in [-0.1, -0.05) is 18.2 Å². The number of anilines is 1. The summed E-state index contributed by atoms with van der Waals surface area (Å²) < 4.78 is 63.5. The lowest BCUT2D eigenvalue weighted by atomic mass is 10.1. The first-order valence-electron chi connectivity index (χ1n) is 11.3. The van der Waals surface area contributed by atoms with Crippen molar-refractivity contribution < 1.29 is 31.8 Å². The third-order valence-electron chi connectivity index (χ3n) is 5.80. The van der Waals surface area contributed by atoms with Crippen molar-refractivity contribution in [3.05, 3.63) is 82.8 Å². The predicted molar refractivity (Wildman–Crippen MR) is 122 cm³/mol. The number of pyridine rings is 1. The van der Waals surface area contributed by atoms with Gasteiger partial charge in [0.2, 0.25) is 5.88 Å². The number of carbonyl (C=O) groups is 1. The number of hydrogen-bond acceptors (Lipinski definition) is 5. The monoisotopic (exact) mass is 488 g/mol. The summed E-state index contributed by atoms with van der Waals surface area (Å²) in [5, 5.41) is 3.34. The molecule has 1 atom stereocenters. The third-order valence-corrected chi connectivity index (χ3v) is 5.80. The fourth-order valence-electron chi connectivity index (χ4n) is 4.10. The molecule has 1 heterocycles. The van der Waals surface area contributed by atoms with Crippen LogP contribution in [-0.2, 0) is 28.5 Å². The normalized spacial score (nSPS) is 14.9. The molecule has 0 aliphatic heterocycles. The van der Waals surface area contributed by atoms with Crippen molar-refractivity contribution in [1.82, 2.24) is 4.98 Å². The minimum atomic E-state index is -4.46. The quantitative estimate of drug-likeness (QED) is 0.285. The number of nitrogens with one attached hydrogen (secondary N) is 1. The van der Waals surface area contributed by atoms with E-state index >= 15 is 0 Å². The van der Waals surface area contributed by atoms with Gasteiger partial charge in [0, 0.05) is 29.9 Å². The Labute approximate surface area is 200 Å². The number of aromatic nitrogens is 1. The lowest BCUT2D eigenvalue weighted by Crippen LogP contribution is -2.08. The van der Waals surface area contributed by atoms with Gasteiger partial charge in [-0.3, -0.25) is 4.79 Å². The van der Waals surface area contributed by atoms with Gasteiger partial charge < -0.3 is 14.8 Å². The van der Waals surface area contributed by atoms with Crippen LogP contribution in [0, 0.1) is 5.82 Å². The zero-order valence-electron chi connectivity index (χ0n) is 19.0. The number of rotatable bonds is 8. The van der Waals surface area contributed by atoms with Gasteiger partial charge in [0.1, 0.15) is 11.6 Å². The molecule has 1 N–H and O–H groups in total. The van der Waals surface area contributed by atoms with Crippen LogP contribution >= 0.6 is 0 Å². The first-order valence-corrected chi connectivity index (χ1v) is 11.3. The maximum atomic E-state index is 14.6. The Hall–Kier alpha value is -3.62.